The third-order valence-corrected chi connectivity index (χ3v) is 6.75. The van der Waals surface area contributed by atoms with Crippen LogP contribution in [-0.4, -0.2) is 56.7 Å². The first-order valence-corrected chi connectivity index (χ1v) is 11.1. The van der Waals surface area contributed by atoms with Crippen LogP contribution in [0.3, 0.4) is 0 Å². The van der Waals surface area contributed by atoms with E-state index in [1.54, 1.807) is 13.1 Å². The molecule has 8 nitrogen and oxygen atoms in total. The molecule has 2 fully saturated rings. The molecule has 3 aromatic rings. The maximum Gasteiger partial charge on any atom is 0.433 e. The van der Waals surface area contributed by atoms with E-state index in [4.69, 9.17) is 0 Å². The number of amides is 1. The van der Waals surface area contributed by atoms with E-state index in [9.17, 15) is 26.7 Å². The van der Waals surface area contributed by atoms with Crippen molar-refractivity contribution in [2.45, 2.75) is 45.3 Å². The van der Waals surface area contributed by atoms with Crippen LogP contribution in [0.5, 0.6) is 0 Å². The Kier molecular flexibility index (Phi) is 5.59. The molecule has 0 N–H and O–H groups in total. The second-order valence-electron chi connectivity index (χ2n) is 9.11. The number of rotatable bonds is 4. The van der Waals surface area contributed by atoms with Crippen LogP contribution in [0, 0.1) is 12.3 Å². The van der Waals surface area contributed by atoms with Gasteiger partial charge in [0.2, 0.25) is 11.9 Å². The minimum atomic E-state index is -4.54. The Morgan fingerprint density at radius 2 is 1.86 bits per heavy atom. The summed E-state index contributed by atoms with van der Waals surface area (Å²) in [5.41, 5.74) is -0.0389. The molecule has 2 aliphatic rings. The van der Waals surface area contributed by atoms with Crippen LogP contribution >= 0.6 is 0 Å². The summed E-state index contributed by atoms with van der Waals surface area (Å²) < 4.78 is 65.5. The van der Waals surface area contributed by atoms with Gasteiger partial charge in [0.1, 0.15) is 12.2 Å². The largest absolute Gasteiger partial charge is 0.433 e. The maximum absolute atomic E-state index is 12.9. The maximum atomic E-state index is 12.9. The van der Waals surface area contributed by atoms with Gasteiger partial charge in [-0.2, -0.15) is 23.3 Å². The highest BCUT2D eigenvalue weighted by atomic mass is 19.4. The molecule has 3 aromatic heterocycles. The lowest BCUT2D eigenvalue weighted by molar-refractivity contribution is -0.141. The van der Waals surface area contributed by atoms with E-state index < -0.39 is 24.8 Å². The quantitative estimate of drug-likeness (QED) is 0.512. The van der Waals surface area contributed by atoms with Crippen LogP contribution < -0.4 is 9.80 Å². The molecule has 5 heterocycles. The molecule has 0 atom stereocenters. The number of anilines is 2. The van der Waals surface area contributed by atoms with E-state index in [1.165, 1.54) is 15.6 Å². The Hall–Kier alpha value is -3.38. The molecule has 35 heavy (non-hydrogen) atoms. The summed E-state index contributed by atoms with van der Waals surface area (Å²) in [6.45, 7) is 2.67. The van der Waals surface area contributed by atoms with Gasteiger partial charge in [-0.15, -0.1) is 0 Å². The van der Waals surface area contributed by atoms with Gasteiger partial charge in [0.15, 0.2) is 5.65 Å². The molecule has 186 valence electrons. The Balaban J connectivity index is 1.29. The third kappa shape index (κ3) is 4.39. The van der Waals surface area contributed by atoms with Crippen molar-refractivity contribution < 1.29 is 26.7 Å². The predicted octanol–water partition coefficient (Wildman–Crippen LogP) is 3.84. The lowest BCUT2D eigenvalue weighted by atomic mass is 9.77. The summed E-state index contributed by atoms with van der Waals surface area (Å²) in [7, 11) is 0. The molecule has 2 saturated heterocycles. The van der Waals surface area contributed by atoms with E-state index in [-0.39, 0.29) is 11.3 Å². The molecule has 5 rings (SSSR count). The molecular formula is C22H22F5N7O. The lowest BCUT2D eigenvalue weighted by Gasteiger charge is -2.38. The van der Waals surface area contributed by atoms with Crippen molar-refractivity contribution >= 4 is 28.6 Å². The highest BCUT2D eigenvalue weighted by Crippen LogP contribution is 2.43. The lowest BCUT2D eigenvalue weighted by Crippen LogP contribution is -2.42. The standard InChI is InChI=1S/C22H22F5N7O/c1-13-15-10-29-20(30-19(15)34(31-13)11-17(23)24)32-6-4-21(5-7-32)8-18(35)33(12-21)14-2-3-16(28-9-14)22(25,26)27/h2-3,9-10,17H,4-8,11-12H2,1H3. The summed E-state index contributed by atoms with van der Waals surface area (Å²) in [4.78, 5) is 28.5. The van der Waals surface area contributed by atoms with Gasteiger partial charge in [0.25, 0.3) is 6.43 Å². The molecule has 0 saturated carbocycles. The third-order valence-electron chi connectivity index (χ3n) is 6.75. The van der Waals surface area contributed by atoms with Gasteiger partial charge in [-0.25, -0.2) is 23.4 Å². The molecule has 1 spiro atoms. The van der Waals surface area contributed by atoms with Gasteiger partial charge in [-0.05, 0) is 31.9 Å². The van der Waals surface area contributed by atoms with E-state index in [1.807, 2.05) is 4.90 Å². The van der Waals surface area contributed by atoms with Crippen LogP contribution in [0.2, 0.25) is 0 Å². The van der Waals surface area contributed by atoms with Gasteiger partial charge in [0, 0.05) is 37.7 Å². The van der Waals surface area contributed by atoms with Gasteiger partial charge in [-0.3, -0.25) is 4.79 Å². The van der Waals surface area contributed by atoms with Crippen molar-refractivity contribution in [3.05, 3.63) is 35.9 Å². The summed E-state index contributed by atoms with van der Waals surface area (Å²) in [5, 5.41) is 4.76. The number of nitrogens with zero attached hydrogens (tertiary/aromatic N) is 7. The molecule has 0 radical (unpaired) electrons. The van der Waals surface area contributed by atoms with Gasteiger partial charge in [-0.1, -0.05) is 0 Å². The highest BCUT2D eigenvalue weighted by molar-refractivity contribution is 5.96. The highest BCUT2D eigenvalue weighted by Gasteiger charge is 2.46. The zero-order valence-corrected chi connectivity index (χ0v) is 18.8. The molecule has 0 unspecified atom stereocenters. The molecule has 13 heteroatoms. The Morgan fingerprint density at radius 3 is 2.49 bits per heavy atom. The summed E-state index contributed by atoms with van der Waals surface area (Å²) in [6, 6.07) is 2.15. The molecule has 2 aliphatic heterocycles. The van der Waals surface area contributed by atoms with Gasteiger partial charge < -0.3 is 9.80 Å². The average molecular weight is 495 g/mol. The number of halogens is 5. The first kappa shape index (κ1) is 23.4. The fourth-order valence-corrected chi connectivity index (χ4v) is 4.87. The molecule has 0 bridgehead atoms. The van der Waals surface area contributed by atoms with Crippen LogP contribution in [0.15, 0.2) is 24.5 Å². The van der Waals surface area contributed by atoms with E-state index >= 15 is 0 Å². The minimum absolute atomic E-state index is 0.149. The van der Waals surface area contributed by atoms with Crippen LogP contribution in [0.25, 0.3) is 11.0 Å². The van der Waals surface area contributed by atoms with E-state index in [0.717, 1.165) is 12.3 Å². The predicted molar refractivity (Wildman–Crippen MR) is 116 cm³/mol. The number of piperidine rings is 1. The van der Waals surface area contributed by atoms with Crippen LogP contribution in [0.1, 0.15) is 30.7 Å². The fraction of sp³-hybridized carbons (Fsp3) is 0.500. The van der Waals surface area contributed by atoms with Crippen molar-refractivity contribution in [3.8, 4) is 0 Å². The van der Waals surface area contributed by atoms with Crippen molar-refractivity contribution in [1.29, 1.82) is 0 Å². The number of alkyl halides is 5. The summed E-state index contributed by atoms with van der Waals surface area (Å²) in [6.07, 6.45) is -2.83. The zero-order chi connectivity index (χ0) is 25.0. The Bertz CT molecular complexity index is 1250. The second kappa shape index (κ2) is 8.38. The number of aryl methyl sites for hydroxylation is 1. The van der Waals surface area contributed by atoms with Crippen LogP contribution in [-0.2, 0) is 17.5 Å². The molecular weight excluding hydrogens is 473 g/mol. The zero-order valence-electron chi connectivity index (χ0n) is 18.8. The van der Waals surface area contributed by atoms with Crippen molar-refractivity contribution in [3.63, 3.8) is 0 Å². The first-order chi connectivity index (χ1) is 16.5. The number of carbonyl (C=O) groups excluding carboxylic acids is 1. The number of aromatic nitrogens is 5. The SMILES string of the molecule is Cc1nn(CC(F)F)c2nc(N3CCC4(CC3)CC(=O)N(c3ccc(C(F)(F)F)nc3)C4)ncc12. The van der Waals surface area contributed by atoms with E-state index in [0.29, 0.717) is 67.3 Å². The summed E-state index contributed by atoms with van der Waals surface area (Å²) >= 11 is 0. The number of fused-ring (bicyclic) bond motifs is 1. The van der Waals surface area contributed by atoms with Gasteiger partial charge >= 0.3 is 6.18 Å². The van der Waals surface area contributed by atoms with Crippen LogP contribution in [0.4, 0.5) is 33.6 Å². The Labute approximate surface area is 196 Å². The number of hydrogen-bond acceptors (Lipinski definition) is 6. The van der Waals surface area contributed by atoms with E-state index in [2.05, 4.69) is 20.1 Å². The number of pyridine rings is 1. The minimum Gasteiger partial charge on any atom is -0.341 e. The molecule has 1 amide bonds. The average Bonchev–Trinajstić information content (AvgIpc) is 3.29. The Morgan fingerprint density at radius 1 is 1.11 bits per heavy atom. The number of hydrogen-bond donors (Lipinski definition) is 0. The topological polar surface area (TPSA) is 80.0 Å². The van der Waals surface area contributed by atoms with Crippen molar-refractivity contribution in [1.82, 2.24) is 24.7 Å². The smallest absolute Gasteiger partial charge is 0.341 e. The van der Waals surface area contributed by atoms with Gasteiger partial charge in [0.05, 0.1) is 23.0 Å². The van der Waals surface area contributed by atoms with Crippen molar-refractivity contribution in [2.24, 2.45) is 5.41 Å². The van der Waals surface area contributed by atoms with Crippen molar-refractivity contribution in [2.75, 3.05) is 29.4 Å². The normalized spacial score (nSPS) is 18.4. The first-order valence-electron chi connectivity index (χ1n) is 11.1. The molecule has 0 aromatic carbocycles. The second-order valence-corrected chi connectivity index (χ2v) is 9.11. The summed E-state index contributed by atoms with van der Waals surface area (Å²) in [5.74, 6) is 0.264. The molecule has 0 aliphatic carbocycles. The monoisotopic (exact) mass is 495 g/mol. The number of carbonyl (C=O) groups is 1. The fourth-order valence-electron chi connectivity index (χ4n) is 4.87.